The topological polar surface area (TPSA) is 66.0 Å². The zero-order chi connectivity index (χ0) is 7.56. The Kier molecular flexibility index (Phi) is 1.53. The number of nitrogens with zero attached hydrogens (tertiary/aromatic N) is 1. The molecule has 0 atom stereocenters. The highest BCUT2D eigenvalue weighted by molar-refractivity contribution is 6.13. The lowest BCUT2D eigenvalue weighted by molar-refractivity contribution is -0.130. The van der Waals surface area contributed by atoms with Crippen molar-refractivity contribution in [3.05, 3.63) is 24.5 Å². The molecule has 1 aromatic rings. The maximum atomic E-state index is 10.3. The van der Waals surface area contributed by atoms with Crippen molar-refractivity contribution in [2.75, 3.05) is 0 Å². The first-order valence-electron chi connectivity index (χ1n) is 2.64. The number of H-pyrrole nitrogens is 1. The fourth-order valence-corrected chi connectivity index (χ4v) is 0.539. The number of nitrogens with one attached hydrogen (secondary N) is 1. The van der Waals surface area contributed by atoms with Gasteiger partial charge in [-0.15, -0.1) is 0 Å². The minimum atomic E-state index is -1.04. The largest absolute Gasteiger partial charge is 0.478 e. The van der Waals surface area contributed by atoms with Gasteiger partial charge in [-0.05, 0) is 6.07 Å². The Hall–Kier alpha value is -1.58. The summed E-state index contributed by atoms with van der Waals surface area (Å²) in [5.74, 6) is -1.04. The monoisotopic (exact) mass is 138 g/mol. The second-order valence-corrected chi connectivity index (χ2v) is 1.75. The van der Waals surface area contributed by atoms with E-state index in [1.807, 2.05) is 0 Å². The molecule has 2 N–H and O–H groups in total. The van der Waals surface area contributed by atoms with E-state index < -0.39 is 5.97 Å². The van der Waals surface area contributed by atoms with Crippen molar-refractivity contribution in [3.8, 4) is 0 Å². The molecule has 0 unspecified atom stereocenters. The second kappa shape index (κ2) is 2.34. The first-order valence-corrected chi connectivity index (χ1v) is 2.64. The molecule has 0 bridgehead atoms. The van der Waals surface area contributed by atoms with Crippen LogP contribution in [0.3, 0.4) is 0 Å². The number of aromatic nitrogens is 2. The molecule has 0 aliphatic carbocycles. The van der Waals surface area contributed by atoms with Gasteiger partial charge in [0.1, 0.15) is 0 Å². The molecule has 1 heterocycles. The lowest BCUT2D eigenvalue weighted by Gasteiger charge is -1.91. The van der Waals surface area contributed by atoms with Gasteiger partial charge < -0.3 is 5.11 Å². The fraction of sp³-hybridized carbons (Fsp3) is 0. The summed E-state index contributed by atoms with van der Waals surface area (Å²) < 4.78 is 0. The highest BCUT2D eigenvalue weighted by Crippen LogP contribution is 2.06. The van der Waals surface area contributed by atoms with Crippen LogP contribution in [0.1, 0.15) is 5.69 Å². The molecule has 4 nitrogen and oxygen atoms in total. The lowest BCUT2D eigenvalue weighted by atomic mass is 10.2. The number of carbonyl (C=O) groups is 1. The van der Waals surface area contributed by atoms with E-state index in [0.717, 1.165) is 0 Å². The van der Waals surface area contributed by atoms with Crippen LogP contribution in [0, 0.1) is 0 Å². The molecule has 52 valence electrons. The number of hydrogen-bond donors (Lipinski definition) is 2. The van der Waals surface area contributed by atoms with E-state index in [1.165, 1.54) is 6.20 Å². The normalized spacial score (nSPS) is 9.20. The molecule has 0 aliphatic rings. The Labute approximate surface area is 57.2 Å². The zero-order valence-corrected chi connectivity index (χ0v) is 5.16. The van der Waals surface area contributed by atoms with Gasteiger partial charge in [-0.1, -0.05) is 6.58 Å². The molecule has 0 aromatic carbocycles. The van der Waals surface area contributed by atoms with Crippen LogP contribution in [0.4, 0.5) is 0 Å². The first kappa shape index (κ1) is 6.54. The molecular formula is C6H6N2O2. The Bertz CT molecular complexity index is 251. The summed E-state index contributed by atoms with van der Waals surface area (Å²) in [5, 5.41) is 14.5. The average Bonchev–Trinajstić information content (AvgIpc) is 2.36. The van der Waals surface area contributed by atoms with Crippen LogP contribution in [0.5, 0.6) is 0 Å². The van der Waals surface area contributed by atoms with Gasteiger partial charge in [-0.25, -0.2) is 4.79 Å². The number of carboxylic acids is 1. The predicted molar refractivity (Wildman–Crippen MR) is 35.3 cm³/mol. The summed E-state index contributed by atoms with van der Waals surface area (Å²) in [7, 11) is 0. The summed E-state index contributed by atoms with van der Waals surface area (Å²) in [5.41, 5.74) is 0.463. The van der Waals surface area contributed by atoms with Crippen molar-refractivity contribution in [2.45, 2.75) is 0 Å². The first-order chi connectivity index (χ1) is 4.72. The van der Waals surface area contributed by atoms with Crippen molar-refractivity contribution in [3.63, 3.8) is 0 Å². The van der Waals surface area contributed by atoms with Crippen molar-refractivity contribution >= 4 is 11.5 Å². The molecule has 0 fully saturated rings. The van der Waals surface area contributed by atoms with Crippen LogP contribution >= 0.6 is 0 Å². The van der Waals surface area contributed by atoms with Gasteiger partial charge >= 0.3 is 5.97 Å². The van der Waals surface area contributed by atoms with Gasteiger partial charge in [0, 0.05) is 6.20 Å². The van der Waals surface area contributed by atoms with Crippen LogP contribution in [-0.2, 0) is 4.79 Å². The molecule has 1 aromatic heterocycles. The van der Waals surface area contributed by atoms with Crippen LogP contribution in [-0.4, -0.2) is 21.3 Å². The van der Waals surface area contributed by atoms with Crippen molar-refractivity contribution in [1.29, 1.82) is 0 Å². The maximum absolute atomic E-state index is 10.3. The smallest absolute Gasteiger partial charge is 0.337 e. The highest BCUT2D eigenvalue weighted by atomic mass is 16.4. The van der Waals surface area contributed by atoms with Gasteiger partial charge in [0.15, 0.2) is 0 Å². The molecule has 10 heavy (non-hydrogen) atoms. The molecule has 1 rings (SSSR count). The Morgan fingerprint density at radius 3 is 2.90 bits per heavy atom. The molecule has 0 saturated heterocycles. The predicted octanol–water partition coefficient (Wildman–Crippen LogP) is 0.507. The summed E-state index contributed by atoms with van der Waals surface area (Å²) >= 11 is 0. The van der Waals surface area contributed by atoms with Crippen LogP contribution in [0.2, 0.25) is 0 Å². The zero-order valence-electron chi connectivity index (χ0n) is 5.16. The molecule has 0 radical (unpaired) electrons. The Balaban J connectivity index is 2.88. The summed E-state index contributed by atoms with van der Waals surface area (Å²) in [4.78, 5) is 10.3. The molecule has 0 aliphatic heterocycles. The van der Waals surface area contributed by atoms with Gasteiger partial charge in [0.25, 0.3) is 0 Å². The number of carboxylic acid groups (broad SMARTS) is 1. The quantitative estimate of drug-likeness (QED) is 0.585. The van der Waals surface area contributed by atoms with Crippen LogP contribution in [0.15, 0.2) is 18.8 Å². The molecule has 0 saturated carbocycles. The van der Waals surface area contributed by atoms with Gasteiger partial charge in [0.2, 0.25) is 0 Å². The van der Waals surface area contributed by atoms with Crippen molar-refractivity contribution < 1.29 is 9.90 Å². The van der Waals surface area contributed by atoms with E-state index in [4.69, 9.17) is 5.11 Å². The number of aromatic amines is 1. The summed E-state index contributed by atoms with van der Waals surface area (Å²) in [6, 6.07) is 1.55. The number of aliphatic carboxylic acids is 1. The third-order valence-corrected chi connectivity index (χ3v) is 1.08. The van der Waals surface area contributed by atoms with Crippen LogP contribution in [0.25, 0.3) is 5.57 Å². The van der Waals surface area contributed by atoms with E-state index in [2.05, 4.69) is 16.8 Å². The third-order valence-electron chi connectivity index (χ3n) is 1.08. The van der Waals surface area contributed by atoms with E-state index >= 15 is 0 Å². The molecule has 0 spiro atoms. The molecular weight excluding hydrogens is 132 g/mol. The lowest BCUT2D eigenvalue weighted by Crippen LogP contribution is -1.97. The van der Waals surface area contributed by atoms with E-state index in [9.17, 15) is 4.79 Å². The van der Waals surface area contributed by atoms with Gasteiger partial charge in [-0.2, -0.15) is 5.10 Å². The summed E-state index contributed by atoms with van der Waals surface area (Å²) in [6.07, 6.45) is 1.48. The molecule has 4 heteroatoms. The Morgan fingerprint density at radius 2 is 2.50 bits per heavy atom. The Morgan fingerprint density at radius 1 is 1.80 bits per heavy atom. The SMILES string of the molecule is C=C(C(=O)O)c1ccn[nH]1. The standard InChI is InChI=1S/C6H6N2O2/c1-4(6(9)10)5-2-3-7-8-5/h2-3H,1H2,(H,7,8)(H,9,10). The van der Waals surface area contributed by atoms with Crippen LogP contribution < -0.4 is 0 Å². The van der Waals surface area contributed by atoms with Gasteiger partial charge in [0.05, 0.1) is 11.3 Å². The average molecular weight is 138 g/mol. The fourth-order valence-electron chi connectivity index (χ4n) is 0.539. The second-order valence-electron chi connectivity index (χ2n) is 1.75. The minimum absolute atomic E-state index is 0.0255. The number of rotatable bonds is 2. The molecule has 0 amide bonds. The number of hydrogen-bond acceptors (Lipinski definition) is 2. The van der Waals surface area contributed by atoms with Gasteiger partial charge in [-0.3, -0.25) is 5.10 Å². The van der Waals surface area contributed by atoms with E-state index in [1.54, 1.807) is 6.07 Å². The van der Waals surface area contributed by atoms with Crippen molar-refractivity contribution in [2.24, 2.45) is 0 Å². The third kappa shape index (κ3) is 1.05. The minimum Gasteiger partial charge on any atom is -0.478 e. The highest BCUT2D eigenvalue weighted by Gasteiger charge is 2.06. The van der Waals surface area contributed by atoms with E-state index in [-0.39, 0.29) is 5.57 Å². The van der Waals surface area contributed by atoms with E-state index in [0.29, 0.717) is 5.69 Å². The summed E-state index contributed by atoms with van der Waals surface area (Å²) in [6.45, 7) is 3.33. The van der Waals surface area contributed by atoms with Crippen molar-refractivity contribution in [1.82, 2.24) is 10.2 Å². The maximum Gasteiger partial charge on any atom is 0.337 e.